The number of amides is 1. The zero-order chi connectivity index (χ0) is 21.5. The Balaban J connectivity index is 1.41. The molecule has 2 N–H and O–H groups in total. The van der Waals surface area contributed by atoms with Crippen LogP contribution in [0.5, 0.6) is 11.5 Å². The van der Waals surface area contributed by atoms with Gasteiger partial charge in [0, 0.05) is 25.5 Å². The molecule has 2 aliphatic rings. The summed E-state index contributed by atoms with van der Waals surface area (Å²) in [5, 5.41) is 12.3. The van der Waals surface area contributed by atoms with Crippen LogP contribution in [0.25, 0.3) is 6.08 Å². The third kappa shape index (κ3) is 5.87. The molecule has 0 saturated carbocycles. The minimum absolute atomic E-state index is 0.0175. The maximum Gasteiger partial charge on any atom is 0.409 e. The Hall–Kier alpha value is -2.78. The second-order valence-corrected chi connectivity index (χ2v) is 7.07. The number of carbonyl (C=O) groups is 2. The second kappa shape index (κ2) is 10.3. The Kier molecular flexibility index (Phi) is 7.53. The highest BCUT2D eigenvalue weighted by atomic mass is 16.8. The summed E-state index contributed by atoms with van der Waals surface area (Å²) in [4.78, 5) is 23.8. The highest BCUT2D eigenvalue weighted by Gasteiger charge is 2.46. The maximum atomic E-state index is 12.1. The Morgan fingerprint density at radius 2 is 1.90 bits per heavy atom. The van der Waals surface area contributed by atoms with Crippen molar-refractivity contribution in [3.63, 3.8) is 0 Å². The molecule has 1 aromatic rings. The van der Waals surface area contributed by atoms with Crippen LogP contribution in [0.3, 0.4) is 0 Å². The first-order valence-electron chi connectivity index (χ1n) is 9.99. The Morgan fingerprint density at radius 3 is 2.57 bits per heavy atom. The average molecular weight is 421 g/mol. The predicted molar refractivity (Wildman–Crippen MR) is 106 cm³/mol. The number of phenolic OH excluding ortho intramolecular Hbond substituents is 1. The lowest BCUT2D eigenvalue weighted by Gasteiger charge is -2.16. The van der Waals surface area contributed by atoms with E-state index < -0.39 is 24.6 Å². The van der Waals surface area contributed by atoms with Crippen molar-refractivity contribution >= 4 is 18.1 Å². The first-order chi connectivity index (χ1) is 14.5. The highest BCUT2D eigenvalue weighted by Crippen LogP contribution is 2.35. The van der Waals surface area contributed by atoms with Crippen LogP contribution in [0.2, 0.25) is 0 Å². The molecule has 1 amide bonds. The normalized spacial score (nSPS) is 25.1. The van der Waals surface area contributed by atoms with Crippen LogP contribution in [-0.4, -0.2) is 55.6 Å². The summed E-state index contributed by atoms with van der Waals surface area (Å²) in [5.74, 6) is -0.232. The van der Waals surface area contributed by atoms with E-state index in [-0.39, 0.29) is 18.0 Å². The van der Waals surface area contributed by atoms with E-state index in [0.717, 1.165) is 12.8 Å². The van der Waals surface area contributed by atoms with Gasteiger partial charge in [0.1, 0.15) is 0 Å². The number of carbonyl (C=O) groups excluding carboxylic acids is 2. The third-order valence-electron chi connectivity index (χ3n) is 4.82. The van der Waals surface area contributed by atoms with Gasteiger partial charge in [-0.3, -0.25) is 0 Å². The van der Waals surface area contributed by atoms with Gasteiger partial charge >= 0.3 is 12.1 Å². The van der Waals surface area contributed by atoms with E-state index in [1.165, 1.54) is 19.3 Å². The van der Waals surface area contributed by atoms with Crippen LogP contribution >= 0.6 is 0 Å². The number of aromatic hydroxyl groups is 1. The van der Waals surface area contributed by atoms with Crippen molar-refractivity contribution < 1.29 is 38.4 Å². The molecular formula is C21H27NO8. The number of esters is 1. The van der Waals surface area contributed by atoms with Gasteiger partial charge in [0.25, 0.3) is 0 Å². The lowest BCUT2D eigenvalue weighted by Crippen LogP contribution is -2.30. The van der Waals surface area contributed by atoms with Crippen molar-refractivity contribution in [2.45, 2.75) is 57.4 Å². The van der Waals surface area contributed by atoms with E-state index in [2.05, 4.69) is 5.32 Å². The van der Waals surface area contributed by atoms with Gasteiger partial charge in [0.05, 0.1) is 19.3 Å². The molecule has 2 aliphatic heterocycles. The molecule has 0 aliphatic carbocycles. The fourth-order valence-electron chi connectivity index (χ4n) is 3.28. The summed E-state index contributed by atoms with van der Waals surface area (Å²) in [7, 11) is 1.45. The summed E-state index contributed by atoms with van der Waals surface area (Å²) in [5.41, 5.74) is 0.673. The summed E-state index contributed by atoms with van der Waals surface area (Å²) in [6.07, 6.45) is 2.99. The molecule has 0 spiro atoms. The third-order valence-corrected chi connectivity index (χ3v) is 4.82. The van der Waals surface area contributed by atoms with E-state index in [4.69, 9.17) is 23.7 Å². The van der Waals surface area contributed by atoms with Gasteiger partial charge in [-0.2, -0.15) is 0 Å². The molecule has 4 atom stereocenters. The zero-order valence-electron chi connectivity index (χ0n) is 17.0. The molecule has 0 radical (unpaired) electrons. The van der Waals surface area contributed by atoms with E-state index in [1.807, 2.05) is 6.92 Å². The lowest BCUT2D eigenvalue weighted by molar-refractivity contribution is -0.171. The van der Waals surface area contributed by atoms with Crippen molar-refractivity contribution in [2.24, 2.45) is 0 Å². The van der Waals surface area contributed by atoms with Crippen LogP contribution in [0, 0.1) is 0 Å². The Morgan fingerprint density at radius 1 is 1.20 bits per heavy atom. The first-order valence-corrected chi connectivity index (χ1v) is 9.99. The topological polar surface area (TPSA) is 113 Å². The summed E-state index contributed by atoms with van der Waals surface area (Å²) < 4.78 is 26.9. The summed E-state index contributed by atoms with van der Waals surface area (Å²) in [6.45, 7) is 2.60. The number of alkyl carbamates (subject to hydrolysis) is 1. The Labute approximate surface area is 174 Å². The molecule has 164 valence electrons. The largest absolute Gasteiger partial charge is 0.504 e. The minimum atomic E-state index is -0.717. The molecule has 9 nitrogen and oxygen atoms in total. The number of unbranched alkanes of at least 4 members (excludes halogenated alkanes) is 1. The summed E-state index contributed by atoms with van der Waals surface area (Å²) in [6, 6.07) is 4.72. The van der Waals surface area contributed by atoms with Gasteiger partial charge in [-0.05, 0) is 30.2 Å². The van der Waals surface area contributed by atoms with Crippen molar-refractivity contribution in [1.82, 2.24) is 5.32 Å². The van der Waals surface area contributed by atoms with E-state index in [1.54, 1.807) is 18.2 Å². The standard InChI is InChI=1S/C21H27NO8/c1-3-4-9-22-21(25)30-20-12-17-16(28-20)11-19(27-17)29-18(24)8-6-13-5-7-14(23)15(10-13)26-2/h5-8,10,16-17,19-20,23H,3-4,9,11-12H2,1-2H3,(H,22,25)/b8-6+/t16-,17-,19+,20-/m1/s1. The quantitative estimate of drug-likeness (QED) is 0.374. The van der Waals surface area contributed by atoms with Gasteiger partial charge in [0.15, 0.2) is 11.5 Å². The fraction of sp³-hybridized carbons (Fsp3) is 0.524. The number of rotatable bonds is 8. The number of benzene rings is 1. The molecule has 1 aromatic carbocycles. The van der Waals surface area contributed by atoms with Crippen LogP contribution < -0.4 is 10.1 Å². The van der Waals surface area contributed by atoms with Gasteiger partial charge < -0.3 is 34.1 Å². The van der Waals surface area contributed by atoms with Gasteiger partial charge in [0.2, 0.25) is 12.6 Å². The van der Waals surface area contributed by atoms with E-state index in [9.17, 15) is 14.7 Å². The predicted octanol–water partition coefficient (Wildman–Crippen LogP) is 2.71. The Bertz CT molecular complexity index is 766. The fourth-order valence-corrected chi connectivity index (χ4v) is 3.28. The van der Waals surface area contributed by atoms with E-state index >= 15 is 0 Å². The van der Waals surface area contributed by atoms with Crippen LogP contribution in [-0.2, 0) is 23.7 Å². The number of fused-ring (bicyclic) bond motifs is 1. The van der Waals surface area contributed by atoms with Crippen LogP contribution in [0.15, 0.2) is 24.3 Å². The minimum Gasteiger partial charge on any atom is -0.504 e. The average Bonchev–Trinajstić information content (AvgIpc) is 3.25. The molecule has 9 heteroatoms. The molecular weight excluding hydrogens is 394 g/mol. The monoisotopic (exact) mass is 421 g/mol. The van der Waals surface area contributed by atoms with Crippen molar-refractivity contribution in [3.8, 4) is 11.5 Å². The van der Waals surface area contributed by atoms with Gasteiger partial charge in [-0.25, -0.2) is 9.59 Å². The maximum absolute atomic E-state index is 12.1. The highest BCUT2D eigenvalue weighted by molar-refractivity contribution is 5.87. The molecule has 0 aromatic heterocycles. The van der Waals surface area contributed by atoms with Gasteiger partial charge in [-0.1, -0.05) is 19.4 Å². The van der Waals surface area contributed by atoms with Crippen molar-refractivity contribution in [3.05, 3.63) is 29.8 Å². The number of methoxy groups -OCH3 is 1. The molecule has 2 saturated heterocycles. The number of hydrogen-bond acceptors (Lipinski definition) is 8. The smallest absolute Gasteiger partial charge is 0.409 e. The lowest BCUT2D eigenvalue weighted by atomic mass is 10.2. The van der Waals surface area contributed by atoms with Crippen LogP contribution in [0.1, 0.15) is 38.2 Å². The number of phenols is 1. The van der Waals surface area contributed by atoms with Crippen molar-refractivity contribution in [2.75, 3.05) is 13.7 Å². The molecule has 3 rings (SSSR count). The van der Waals surface area contributed by atoms with Crippen molar-refractivity contribution in [1.29, 1.82) is 0 Å². The molecule has 30 heavy (non-hydrogen) atoms. The molecule has 0 unspecified atom stereocenters. The summed E-state index contributed by atoms with van der Waals surface area (Å²) >= 11 is 0. The molecule has 2 fully saturated rings. The number of hydrogen-bond donors (Lipinski definition) is 2. The number of nitrogens with one attached hydrogen (secondary N) is 1. The zero-order valence-corrected chi connectivity index (χ0v) is 17.0. The number of ether oxygens (including phenoxy) is 5. The van der Waals surface area contributed by atoms with E-state index in [0.29, 0.717) is 30.7 Å². The molecule has 2 heterocycles. The van der Waals surface area contributed by atoms with Crippen LogP contribution in [0.4, 0.5) is 4.79 Å². The van der Waals surface area contributed by atoms with Gasteiger partial charge in [-0.15, -0.1) is 0 Å². The first kappa shape index (κ1) is 21.9. The second-order valence-electron chi connectivity index (χ2n) is 7.07. The SMILES string of the molecule is CCCCNC(=O)O[C@@H]1C[C@H]2O[C@@H](OC(=O)/C=C/c3ccc(O)c(OC)c3)C[C@H]2O1. The molecule has 0 bridgehead atoms.